The topological polar surface area (TPSA) is 93.3 Å². The lowest BCUT2D eigenvalue weighted by molar-refractivity contribution is 0.0390. The van der Waals surface area contributed by atoms with Crippen LogP contribution in [0.4, 0.5) is 0 Å². The summed E-state index contributed by atoms with van der Waals surface area (Å²) in [4.78, 5) is 26.4. The van der Waals surface area contributed by atoms with Crippen molar-refractivity contribution in [3.8, 4) is 0 Å². The van der Waals surface area contributed by atoms with Crippen LogP contribution in [-0.2, 0) is 13.5 Å². The Morgan fingerprint density at radius 1 is 1.37 bits per heavy atom. The molecule has 8 heteroatoms. The van der Waals surface area contributed by atoms with Gasteiger partial charge in [0, 0.05) is 45.4 Å². The molecular formula is C19H27N5O3. The van der Waals surface area contributed by atoms with Crippen molar-refractivity contribution in [1.29, 1.82) is 0 Å². The second-order valence-corrected chi connectivity index (χ2v) is 8.00. The summed E-state index contributed by atoms with van der Waals surface area (Å²) >= 11 is 0. The average molecular weight is 373 g/mol. The fourth-order valence-corrected chi connectivity index (χ4v) is 3.47. The van der Waals surface area contributed by atoms with E-state index >= 15 is 0 Å². The second kappa shape index (κ2) is 7.54. The zero-order valence-corrected chi connectivity index (χ0v) is 16.4. The van der Waals surface area contributed by atoms with Crippen molar-refractivity contribution in [2.45, 2.75) is 33.6 Å². The molecule has 0 spiro atoms. The summed E-state index contributed by atoms with van der Waals surface area (Å²) in [5.74, 6) is 0.957. The van der Waals surface area contributed by atoms with Gasteiger partial charge in [-0.1, -0.05) is 25.9 Å². The van der Waals surface area contributed by atoms with Crippen molar-refractivity contribution in [3.63, 3.8) is 0 Å². The first-order valence-corrected chi connectivity index (χ1v) is 9.30. The number of aromatic nitrogens is 3. The van der Waals surface area contributed by atoms with Gasteiger partial charge >= 0.3 is 0 Å². The van der Waals surface area contributed by atoms with Gasteiger partial charge in [-0.25, -0.2) is 0 Å². The van der Waals surface area contributed by atoms with Crippen molar-refractivity contribution >= 4 is 11.8 Å². The van der Waals surface area contributed by atoms with E-state index in [0.717, 1.165) is 18.6 Å². The monoisotopic (exact) mass is 373 g/mol. The number of aryl methyl sites for hydroxylation is 2. The normalized spacial score (nSPS) is 14.9. The van der Waals surface area contributed by atoms with Crippen molar-refractivity contribution in [2.75, 3.05) is 19.6 Å². The smallest absolute Gasteiger partial charge is 0.276 e. The van der Waals surface area contributed by atoms with E-state index in [2.05, 4.69) is 29.4 Å². The number of amides is 2. The number of carbonyl (C=O) groups excluding carboxylic acids is 2. The number of hydrogen-bond donors (Lipinski definition) is 1. The molecule has 8 nitrogen and oxygen atoms in total. The van der Waals surface area contributed by atoms with E-state index in [9.17, 15) is 9.59 Å². The van der Waals surface area contributed by atoms with Gasteiger partial charge in [0.15, 0.2) is 5.69 Å². The van der Waals surface area contributed by atoms with Crippen molar-refractivity contribution in [1.82, 2.24) is 25.2 Å². The molecule has 0 unspecified atom stereocenters. The van der Waals surface area contributed by atoms with Gasteiger partial charge in [-0.2, -0.15) is 5.10 Å². The van der Waals surface area contributed by atoms with E-state index in [1.807, 2.05) is 6.92 Å². The van der Waals surface area contributed by atoms with Crippen molar-refractivity contribution < 1.29 is 14.1 Å². The maximum absolute atomic E-state index is 12.4. The number of likely N-dealkylation sites (tertiary alicyclic amines) is 1. The van der Waals surface area contributed by atoms with Crippen LogP contribution in [0.25, 0.3) is 0 Å². The lowest BCUT2D eigenvalue weighted by Crippen LogP contribution is -2.52. The van der Waals surface area contributed by atoms with E-state index in [0.29, 0.717) is 36.9 Å². The summed E-state index contributed by atoms with van der Waals surface area (Å²) in [7, 11) is 1.75. The summed E-state index contributed by atoms with van der Waals surface area (Å²) < 4.78 is 6.67. The van der Waals surface area contributed by atoms with Crippen LogP contribution in [0.15, 0.2) is 22.9 Å². The molecule has 1 saturated heterocycles. The maximum atomic E-state index is 12.4. The highest BCUT2D eigenvalue weighted by Crippen LogP contribution is 2.31. The van der Waals surface area contributed by atoms with Gasteiger partial charge in [-0.05, 0) is 23.8 Å². The first-order chi connectivity index (χ1) is 12.8. The lowest BCUT2D eigenvalue weighted by Gasteiger charge is -2.42. The molecule has 0 atom stereocenters. The molecule has 0 radical (unpaired) electrons. The van der Waals surface area contributed by atoms with E-state index in [-0.39, 0.29) is 17.2 Å². The van der Waals surface area contributed by atoms with Gasteiger partial charge in [-0.15, -0.1) is 0 Å². The van der Waals surface area contributed by atoms with Gasteiger partial charge in [0.05, 0.1) is 0 Å². The van der Waals surface area contributed by atoms with Crippen LogP contribution in [0.3, 0.4) is 0 Å². The van der Waals surface area contributed by atoms with Crippen LogP contribution < -0.4 is 5.32 Å². The van der Waals surface area contributed by atoms with Gasteiger partial charge in [-0.3, -0.25) is 14.3 Å². The number of nitrogens with one attached hydrogen (secondary N) is 1. The molecule has 1 aliphatic heterocycles. The average Bonchev–Trinajstić information content (AvgIpc) is 3.24. The highest BCUT2D eigenvalue weighted by atomic mass is 16.5. The Bertz CT molecular complexity index is 817. The Morgan fingerprint density at radius 3 is 2.70 bits per heavy atom. The minimum Gasteiger partial charge on any atom is -0.361 e. The minimum absolute atomic E-state index is 0.0582. The molecule has 1 N–H and O–H groups in total. The fourth-order valence-electron chi connectivity index (χ4n) is 3.47. The molecule has 2 aromatic rings. The quantitative estimate of drug-likeness (QED) is 0.800. The molecule has 27 heavy (non-hydrogen) atoms. The standard InChI is InChI=1S/C19H27N5O3/c1-5-14-8-15(22-27-14)18(26)24-10-13(11-24)9-19(2,3)12-20-17(25)16-6-7-21-23(16)4/h6-8,13H,5,9-12H2,1-4H3,(H,20,25). The molecule has 2 aromatic heterocycles. The maximum Gasteiger partial charge on any atom is 0.276 e. The first-order valence-electron chi connectivity index (χ1n) is 9.30. The first kappa shape index (κ1) is 19.1. The van der Waals surface area contributed by atoms with Crippen molar-refractivity contribution in [3.05, 3.63) is 35.5 Å². The number of nitrogens with zero attached hydrogens (tertiary/aromatic N) is 4. The van der Waals surface area contributed by atoms with Gasteiger partial charge in [0.1, 0.15) is 11.5 Å². The molecule has 3 rings (SSSR count). The molecular weight excluding hydrogens is 346 g/mol. The van der Waals surface area contributed by atoms with Crippen LogP contribution in [0.1, 0.15) is 53.9 Å². The van der Waals surface area contributed by atoms with Crippen LogP contribution in [0.5, 0.6) is 0 Å². The van der Waals surface area contributed by atoms with Crippen LogP contribution in [0.2, 0.25) is 0 Å². The molecule has 0 aromatic carbocycles. The number of carbonyl (C=O) groups is 2. The van der Waals surface area contributed by atoms with Crippen LogP contribution in [0, 0.1) is 11.3 Å². The third kappa shape index (κ3) is 4.37. The molecule has 1 aliphatic rings. The lowest BCUT2D eigenvalue weighted by atomic mass is 9.79. The van der Waals surface area contributed by atoms with Gasteiger partial charge in [0.2, 0.25) is 0 Å². The molecule has 146 valence electrons. The van der Waals surface area contributed by atoms with Gasteiger partial charge in [0.25, 0.3) is 11.8 Å². The highest BCUT2D eigenvalue weighted by molar-refractivity contribution is 5.93. The van der Waals surface area contributed by atoms with E-state index in [4.69, 9.17) is 4.52 Å². The molecule has 3 heterocycles. The summed E-state index contributed by atoms with van der Waals surface area (Å²) in [6.45, 7) is 8.23. The Labute approximate surface area is 158 Å². The predicted molar refractivity (Wildman–Crippen MR) is 99.2 cm³/mol. The minimum atomic E-state index is -0.119. The molecule has 1 fully saturated rings. The Balaban J connectivity index is 1.45. The Hall–Kier alpha value is -2.64. The number of rotatable bonds is 7. The Morgan fingerprint density at radius 2 is 2.11 bits per heavy atom. The second-order valence-electron chi connectivity index (χ2n) is 8.00. The zero-order chi connectivity index (χ0) is 19.6. The highest BCUT2D eigenvalue weighted by Gasteiger charge is 2.36. The number of hydrogen-bond acceptors (Lipinski definition) is 5. The van der Waals surface area contributed by atoms with Crippen LogP contribution >= 0.6 is 0 Å². The summed E-state index contributed by atoms with van der Waals surface area (Å²) in [6.07, 6.45) is 3.27. The van der Waals surface area contributed by atoms with Crippen molar-refractivity contribution in [2.24, 2.45) is 18.4 Å². The van der Waals surface area contributed by atoms with Gasteiger partial charge < -0.3 is 14.7 Å². The molecule has 0 bridgehead atoms. The summed E-state index contributed by atoms with van der Waals surface area (Å²) in [6, 6.07) is 3.42. The third-order valence-corrected chi connectivity index (χ3v) is 4.99. The fraction of sp³-hybridized carbons (Fsp3) is 0.579. The predicted octanol–water partition coefficient (Wildman–Crippen LogP) is 1.89. The molecule has 0 aliphatic carbocycles. The van der Waals surface area contributed by atoms with Crippen LogP contribution in [-0.4, -0.2) is 51.3 Å². The molecule has 0 saturated carbocycles. The molecule has 2 amide bonds. The zero-order valence-electron chi connectivity index (χ0n) is 16.4. The third-order valence-electron chi connectivity index (χ3n) is 4.99. The SMILES string of the molecule is CCc1cc(C(=O)N2CC(CC(C)(C)CNC(=O)c3ccnn3C)C2)no1. The summed E-state index contributed by atoms with van der Waals surface area (Å²) in [5, 5.41) is 10.9. The van der Waals surface area contributed by atoms with E-state index in [1.54, 1.807) is 35.0 Å². The van der Waals surface area contributed by atoms with E-state index in [1.165, 1.54) is 0 Å². The van der Waals surface area contributed by atoms with E-state index < -0.39 is 0 Å². The largest absolute Gasteiger partial charge is 0.361 e. The Kier molecular flexibility index (Phi) is 5.34. The summed E-state index contributed by atoms with van der Waals surface area (Å²) in [5.41, 5.74) is 0.871.